The number of piperazine rings is 1. The van der Waals surface area contributed by atoms with Gasteiger partial charge in [-0.15, -0.1) is 10.2 Å². The largest absolute Gasteiger partial charge is 0.494 e. The third kappa shape index (κ3) is 22.0. The van der Waals surface area contributed by atoms with Crippen LogP contribution in [0.1, 0.15) is 74.8 Å². The lowest BCUT2D eigenvalue weighted by Gasteiger charge is -2.35. The Labute approximate surface area is 533 Å². The number of benzene rings is 1. The minimum Gasteiger partial charge on any atom is -0.494 e. The summed E-state index contributed by atoms with van der Waals surface area (Å²) in [5, 5.41) is 25.8. The second kappa shape index (κ2) is 39.2. The second-order valence-corrected chi connectivity index (χ2v) is 21.4. The first-order chi connectivity index (χ1) is 45.2. The van der Waals surface area contributed by atoms with Gasteiger partial charge in [0, 0.05) is 84.3 Å². The molecule has 1 aromatic carbocycles. The number of Topliss-reactive ketones (excluding diaryl/α,β-unsaturated/α-hetero) is 1. The zero-order valence-corrected chi connectivity index (χ0v) is 52.3. The summed E-state index contributed by atoms with van der Waals surface area (Å²) in [7, 11) is 1.44. The molecule has 6 aromatic rings. The van der Waals surface area contributed by atoms with Crippen LogP contribution in [-0.2, 0) is 60.6 Å². The number of hydrogen-bond donors (Lipinski definition) is 3. The molecule has 0 bridgehead atoms. The lowest BCUT2D eigenvalue weighted by Crippen LogP contribution is -2.48. The van der Waals surface area contributed by atoms with Gasteiger partial charge in [0.15, 0.2) is 5.82 Å². The Balaban J connectivity index is 0.646. The molecule has 2 fully saturated rings. The van der Waals surface area contributed by atoms with Crippen LogP contribution >= 0.6 is 0 Å². The number of allylic oxidation sites excluding steroid dienone is 1. The molecule has 0 spiro atoms. The van der Waals surface area contributed by atoms with Crippen molar-refractivity contribution in [1.82, 2.24) is 74.6 Å². The normalized spacial score (nSPS) is 13.8. The molecular formula is C62H84N16O14. The molecule has 3 N–H and O–H groups in total. The van der Waals surface area contributed by atoms with Gasteiger partial charge in [0.1, 0.15) is 29.8 Å². The first-order valence-corrected chi connectivity index (χ1v) is 31.2. The minimum absolute atomic E-state index is 0.0879. The first-order valence-electron chi connectivity index (χ1n) is 31.2. The molecule has 0 atom stereocenters. The van der Waals surface area contributed by atoms with Crippen LogP contribution in [-0.4, -0.2) is 277 Å². The van der Waals surface area contributed by atoms with E-state index in [2.05, 4.69) is 61.5 Å². The molecular weight excluding hydrogens is 1190 g/mol. The van der Waals surface area contributed by atoms with E-state index in [0.717, 1.165) is 68.8 Å². The summed E-state index contributed by atoms with van der Waals surface area (Å²) in [6, 6.07) is 11.7. The van der Waals surface area contributed by atoms with Crippen molar-refractivity contribution in [1.29, 1.82) is 5.26 Å². The van der Waals surface area contributed by atoms with Crippen molar-refractivity contribution in [2.24, 2.45) is 0 Å². The number of likely N-dealkylation sites (tertiary alicyclic amines) is 1. The lowest BCUT2D eigenvalue weighted by atomic mass is 9.93. The quantitative estimate of drug-likeness (QED) is 0.0163. The van der Waals surface area contributed by atoms with Crippen LogP contribution in [0.2, 0.25) is 0 Å². The van der Waals surface area contributed by atoms with Crippen molar-refractivity contribution in [3.05, 3.63) is 102 Å². The van der Waals surface area contributed by atoms with Crippen LogP contribution in [0.5, 0.6) is 5.75 Å². The van der Waals surface area contributed by atoms with E-state index in [-0.39, 0.29) is 48.5 Å². The molecule has 5 aromatic heterocycles. The number of methoxy groups -OCH3 is 1. The highest BCUT2D eigenvalue weighted by Crippen LogP contribution is 2.33. The molecule has 2 aliphatic heterocycles. The number of hydrogen-bond acceptors (Lipinski definition) is 23. The maximum Gasteiger partial charge on any atom is 0.295 e. The van der Waals surface area contributed by atoms with Crippen molar-refractivity contribution in [3.63, 3.8) is 0 Å². The molecule has 496 valence electrons. The highest BCUT2D eigenvalue weighted by atomic mass is 16.6. The van der Waals surface area contributed by atoms with Crippen LogP contribution < -0.4 is 10.1 Å². The van der Waals surface area contributed by atoms with E-state index in [1.54, 1.807) is 15.8 Å². The average molecular weight is 1280 g/mol. The van der Waals surface area contributed by atoms with E-state index in [9.17, 15) is 29.2 Å². The van der Waals surface area contributed by atoms with E-state index < -0.39 is 17.6 Å². The summed E-state index contributed by atoms with van der Waals surface area (Å²) >= 11 is 0. The smallest absolute Gasteiger partial charge is 0.295 e. The van der Waals surface area contributed by atoms with Crippen LogP contribution in [0.25, 0.3) is 22.3 Å². The molecule has 30 heteroatoms. The van der Waals surface area contributed by atoms with Crippen molar-refractivity contribution in [2.75, 3.05) is 178 Å². The Bertz CT molecular complexity index is 3260. The minimum atomic E-state index is -0.735. The highest BCUT2D eigenvalue weighted by Gasteiger charge is 2.31. The molecule has 0 unspecified atom stereocenters. The van der Waals surface area contributed by atoms with Crippen LogP contribution in [0.4, 0.5) is 0 Å². The fraction of sp³-hybridized carbons (Fsp3) is 0.548. The lowest BCUT2D eigenvalue weighted by molar-refractivity contribution is -0.126. The fourth-order valence-electron chi connectivity index (χ4n) is 10.2. The maximum atomic E-state index is 13.9. The number of ketones is 1. The van der Waals surface area contributed by atoms with Crippen molar-refractivity contribution in [2.45, 2.75) is 45.3 Å². The number of nitriles is 1. The number of carbonyl (C=O) groups excluding carboxylic acids is 5. The summed E-state index contributed by atoms with van der Waals surface area (Å²) in [5.41, 5.74) is 3.82. The van der Waals surface area contributed by atoms with Gasteiger partial charge in [-0.3, -0.25) is 24.1 Å². The predicted molar refractivity (Wildman–Crippen MR) is 332 cm³/mol. The number of aromatic amines is 2. The number of H-pyrrole nitrogens is 2. The summed E-state index contributed by atoms with van der Waals surface area (Å²) in [5.74, 6) is -1.80. The van der Waals surface area contributed by atoms with E-state index in [1.807, 2.05) is 36.5 Å². The molecule has 3 amide bonds. The SMILES string of the molecule is COc1cnc(-n2cnc(C(=O)NCCCN(CCCN3CCN(CCOCCOCCOCCOCc4cn(CCOCCOCCOCCOCCC=O)nn4)CC3)C(=O)c3c[nH]cn3)n2)c2[nH]cc(C(=O)C(=O)N3CCC(=C(C#N)c4ccccc4)CC3)c12. The number of nitrogens with one attached hydrogen (secondary N) is 3. The van der Waals surface area contributed by atoms with Crippen LogP contribution in [0, 0.1) is 11.3 Å². The molecule has 7 heterocycles. The van der Waals surface area contributed by atoms with Crippen LogP contribution in [0.3, 0.4) is 0 Å². The van der Waals surface area contributed by atoms with Crippen molar-refractivity contribution >= 4 is 46.3 Å². The number of nitrogens with zero attached hydrogens (tertiary/aromatic N) is 13. The molecule has 0 saturated carbocycles. The van der Waals surface area contributed by atoms with Gasteiger partial charge in [0.25, 0.3) is 23.5 Å². The number of aldehydes is 1. The second-order valence-electron chi connectivity index (χ2n) is 21.4. The molecule has 2 aliphatic rings. The van der Waals surface area contributed by atoms with Gasteiger partial charge in [0.05, 0.1) is 166 Å². The Morgan fingerprint density at radius 1 is 0.728 bits per heavy atom. The average Bonchev–Trinajstić information content (AvgIpc) is 1.72. The van der Waals surface area contributed by atoms with Gasteiger partial charge >= 0.3 is 0 Å². The predicted octanol–water partition coefficient (Wildman–Crippen LogP) is 2.44. The Morgan fingerprint density at radius 3 is 2.00 bits per heavy atom. The number of aromatic nitrogens is 10. The number of ether oxygens (including phenoxy) is 9. The number of amides is 3. The zero-order chi connectivity index (χ0) is 64.4. The Morgan fingerprint density at radius 2 is 1.36 bits per heavy atom. The summed E-state index contributed by atoms with van der Waals surface area (Å²) < 4.78 is 53.2. The summed E-state index contributed by atoms with van der Waals surface area (Å²) in [6.07, 6.45) is 12.4. The summed E-state index contributed by atoms with van der Waals surface area (Å²) in [6.45, 7) is 14.9. The van der Waals surface area contributed by atoms with Gasteiger partial charge in [-0.1, -0.05) is 35.5 Å². The van der Waals surface area contributed by atoms with Gasteiger partial charge in [-0.2, -0.15) is 9.94 Å². The number of pyridine rings is 1. The van der Waals surface area contributed by atoms with Gasteiger partial charge in [0.2, 0.25) is 5.82 Å². The topological polar surface area (TPSA) is 336 Å². The Hall–Kier alpha value is -8.22. The number of fused-ring (bicyclic) bond motifs is 1. The van der Waals surface area contributed by atoms with Crippen molar-refractivity contribution in [3.8, 4) is 17.6 Å². The fourth-order valence-corrected chi connectivity index (χ4v) is 10.2. The van der Waals surface area contributed by atoms with E-state index in [1.165, 1.54) is 41.7 Å². The highest BCUT2D eigenvalue weighted by molar-refractivity contribution is 6.45. The number of rotatable bonds is 44. The monoisotopic (exact) mass is 1280 g/mol. The third-order valence-electron chi connectivity index (χ3n) is 15.1. The van der Waals surface area contributed by atoms with E-state index in [4.69, 9.17) is 42.6 Å². The van der Waals surface area contributed by atoms with Gasteiger partial charge < -0.3 is 77.4 Å². The van der Waals surface area contributed by atoms with E-state index >= 15 is 0 Å². The molecule has 8 rings (SSSR count). The van der Waals surface area contributed by atoms with E-state index in [0.29, 0.717) is 173 Å². The standard InChI is InChI=1S/C62H84N16O14/c1-84-54-43-67-59(56-55(54)52(41-66-56)57(80)62(83)76-16-10-49(11-17-76)51(40-63)48-8-3-2-4-9-48)78-47-69-58(71-78)60(81)65-12-5-14-75(61(82)53-42-64-46-68-53)15-6-13-73-18-20-74(21-19-73)22-26-86-29-32-89-36-37-91-38-39-92-45-50-44-77(72-70-50)23-27-87-30-33-90-35-34-88-31-28-85-25-7-24-79/h2-4,8-9,24,41-44,46-47,66H,5-7,10-23,25-39,45H2,1H3,(H,64,68)(H,65,81). The van der Waals surface area contributed by atoms with Crippen LogP contribution in [0.15, 0.2) is 73.3 Å². The number of piperidine rings is 1. The van der Waals surface area contributed by atoms with Crippen molar-refractivity contribution < 1.29 is 66.6 Å². The molecule has 30 nitrogen and oxygen atoms in total. The maximum absolute atomic E-state index is 13.9. The number of carbonyl (C=O) groups is 5. The van der Waals surface area contributed by atoms with Gasteiger partial charge in [-0.25, -0.2) is 19.6 Å². The third-order valence-corrected chi connectivity index (χ3v) is 15.1. The molecule has 2 saturated heterocycles. The molecule has 0 radical (unpaired) electrons. The Kier molecular flexibility index (Phi) is 29.7. The summed E-state index contributed by atoms with van der Waals surface area (Å²) in [4.78, 5) is 91.6. The molecule has 92 heavy (non-hydrogen) atoms. The zero-order valence-electron chi connectivity index (χ0n) is 52.3. The van der Waals surface area contributed by atoms with Gasteiger partial charge in [-0.05, 0) is 43.4 Å². The molecule has 0 aliphatic carbocycles. The number of imidazole rings is 1. The first kappa shape index (κ1) is 69.7.